The summed E-state index contributed by atoms with van der Waals surface area (Å²) >= 11 is 0. The lowest BCUT2D eigenvalue weighted by Crippen LogP contribution is -2.36. The Hall–Kier alpha value is -0.530. The maximum absolute atomic E-state index is 11.5. The molecule has 0 aliphatic heterocycles. The van der Waals surface area contributed by atoms with Crippen LogP contribution in [0, 0.1) is 29.1 Å². The molecule has 2 aliphatic carbocycles. The van der Waals surface area contributed by atoms with Gasteiger partial charge >= 0.3 is 5.97 Å². The summed E-state index contributed by atoms with van der Waals surface area (Å²) in [5.74, 6) is 1.33. The molecule has 1 N–H and O–H groups in total. The van der Waals surface area contributed by atoms with Crippen LogP contribution in [0.4, 0.5) is 0 Å². The third-order valence-electron chi connectivity index (χ3n) is 5.64. The van der Waals surface area contributed by atoms with Crippen LogP contribution in [0.3, 0.4) is 0 Å². The molecule has 0 spiro atoms. The Morgan fingerprint density at radius 1 is 1.11 bits per heavy atom. The second-order valence-corrected chi connectivity index (χ2v) is 7.97. The molecule has 0 saturated heterocycles. The number of hydrogen-bond acceptors (Lipinski definition) is 1. The normalized spacial score (nSPS) is 33.5. The van der Waals surface area contributed by atoms with Gasteiger partial charge in [-0.05, 0) is 48.9 Å². The van der Waals surface area contributed by atoms with E-state index >= 15 is 0 Å². The van der Waals surface area contributed by atoms with E-state index in [9.17, 15) is 9.90 Å². The molecule has 0 aromatic carbocycles. The van der Waals surface area contributed by atoms with E-state index in [1.807, 2.05) is 0 Å². The maximum Gasteiger partial charge on any atom is 0.306 e. The van der Waals surface area contributed by atoms with Gasteiger partial charge in [0.05, 0.1) is 5.92 Å². The largest absolute Gasteiger partial charge is 0.481 e. The first-order chi connectivity index (χ1) is 8.88. The standard InChI is InChI=1S/C17H30O2/c1-17(2,3)14-8-9-15(16(18)19)13(11-14)10-12-6-4-5-7-12/h12-15H,4-11H2,1-3H3,(H,18,19). The molecule has 0 bridgehead atoms. The summed E-state index contributed by atoms with van der Waals surface area (Å²) in [4.78, 5) is 11.5. The van der Waals surface area contributed by atoms with Crippen LogP contribution in [0.2, 0.25) is 0 Å². The van der Waals surface area contributed by atoms with E-state index in [1.54, 1.807) is 0 Å². The van der Waals surface area contributed by atoms with Gasteiger partial charge in [0, 0.05) is 0 Å². The molecule has 2 saturated carbocycles. The Morgan fingerprint density at radius 3 is 2.26 bits per heavy atom. The van der Waals surface area contributed by atoms with Gasteiger partial charge in [-0.25, -0.2) is 0 Å². The fraction of sp³-hybridized carbons (Fsp3) is 0.941. The summed E-state index contributed by atoms with van der Waals surface area (Å²) in [5.41, 5.74) is 0.331. The lowest BCUT2D eigenvalue weighted by molar-refractivity contribution is -0.146. The fourth-order valence-electron chi connectivity index (χ4n) is 4.31. The molecule has 0 radical (unpaired) electrons. The maximum atomic E-state index is 11.5. The van der Waals surface area contributed by atoms with Crippen LogP contribution < -0.4 is 0 Å². The first kappa shape index (κ1) is 14.9. The van der Waals surface area contributed by atoms with Crippen molar-refractivity contribution in [1.82, 2.24) is 0 Å². The Bertz CT molecular complexity index is 310. The zero-order valence-corrected chi connectivity index (χ0v) is 12.8. The van der Waals surface area contributed by atoms with Gasteiger partial charge in [-0.2, -0.15) is 0 Å². The van der Waals surface area contributed by atoms with Crippen molar-refractivity contribution in [2.75, 3.05) is 0 Å². The molecular weight excluding hydrogens is 236 g/mol. The van der Waals surface area contributed by atoms with Gasteiger partial charge in [0.25, 0.3) is 0 Å². The number of carbonyl (C=O) groups is 1. The molecule has 110 valence electrons. The number of carboxylic acid groups (broad SMARTS) is 1. The van der Waals surface area contributed by atoms with Crippen molar-refractivity contribution >= 4 is 5.97 Å². The number of aliphatic carboxylic acids is 1. The molecule has 2 fully saturated rings. The van der Waals surface area contributed by atoms with E-state index in [1.165, 1.54) is 32.1 Å². The molecule has 3 unspecified atom stereocenters. The van der Waals surface area contributed by atoms with Crippen LogP contribution in [0.5, 0.6) is 0 Å². The Kier molecular flexibility index (Phi) is 4.58. The average molecular weight is 266 g/mol. The molecule has 0 aromatic rings. The van der Waals surface area contributed by atoms with Crippen LogP contribution >= 0.6 is 0 Å². The van der Waals surface area contributed by atoms with Gasteiger partial charge in [-0.3, -0.25) is 4.79 Å². The SMILES string of the molecule is CC(C)(C)C1CCC(C(=O)O)C(CC2CCCC2)C1. The Balaban J connectivity index is 2.01. The highest BCUT2D eigenvalue weighted by Crippen LogP contribution is 2.46. The van der Waals surface area contributed by atoms with Crippen molar-refractivity contribution in [2.24, 2.45) is 29.1 Å². The zero-order valence-electron chi connectivity index (χ0n) is 12.8. The third-order valence-corrected chi connectivity index (χ3v) is 5.64. The van der Waals surface area contributed by atoms with Crippen molar-refractivity contribution in [3.8, 4) is 0 Å². The molecule has 0 amide bonds. The summed E-state index contributed by atoms with van der Waals surface area (Å²) < 4.78 is 0. The van der Waals surface area contributed by atoms with E-state index in [0.29, 0.717) is 17.3 Å². The number of carboxylic acids is 1. The van der Waals surface area contributed by atoms with E-state index in [0.717, 1.165) is 25.2 Å². The highest BCUT2D eigenvalue weighted by molar-refractivity contribution is 5.70. The quantitative estimate of drug-likeness (QED) is 0.801. The van der Waals surface area contributed by atoms with Gasteiger partial charge in [0.2, 0.25) is 0 Å². The van der Waals surface area contributed by atoms with Crippen molar-refractivity contribution < 1.29 is 9.90 Å². The minimum atomic E-state index is -0.546. The zero-order chi connectivity index (χ0) is 14.0. The van der Waals surface area contributed by atoms with Gasteiger partial charge in [-0.15, -0.1) is 0 Å². The topological polar surface area (TPSA) is 37.3 Å². The Labute approximate surface area is 118 Å². The minimum absolute atomic E-state index is 0.0702. The van der Waals surface area contributed by atoms with Gasteiger partial charge < -0.3 is 5.11 Å². The van der Waals surface area contributed by atoms with Crippen molar-refractivity contribution in [3.05, 3.63) is 0 Å². The van der Waals surface area contributed by atoms with E-state index in [-0.39, 0.29) is 5.92 Å². The molecule has 0 aromatic heterocycles. The predicted molar refractivity (Wildman–Crippen MR) is 78.0 cm³/mol. The summed E-state index contributed by atoms with van der Waals surface area (Å²) in [5, 5.41) is 9.47. The average Bonchev–Trinajstić information content (AvgIpc) is 2.80. The number of rotatable bonds is 3. The molecule has 3 atom stereocenters. The van der Waals surface area contributed by atoms with Gasteiger partial charge in [-0.1, -0.05) is 46.5 Å². The van der Waals surface area contributed by atoms with Crippen molar-refractivity contribution in [3.63, 3.8) is 0 Å². The van der Waals surface area contributed by atoms with Crippen molar-refractivity contribution in [1.29, 1.82) is 0 Å². The monoisotopic (exact) mass is 266 g/mol. The molecule has 2 rings (SSSR count). The number of hydrogen-bond donors (Lipinski definition) is 1. The molecule has 2 heteroatoms. The van der Waals surface area contributed by atoms with E-state index < -0.39 is 5.97 Å². The first-order valence-corrected chi connectivity index (χ1v) is 8.10. The van der Waals surface area contributed by atoms with E-state index in [4.69, 9.17) is 0 Å². The summed E-state index contributed by atoms with van der Waals surface area (Å²) in [6, 6.07) is 0. The molecule has 2 aliphatic rings. The second-order valence-electron chi connectivity index (χ2n) is 7.97. The van der Waals surface area contributed by atoms with E-state index in [2.05, 4.69) is 20.8 Å². The Morgan fingerprint density at radius 2 is 1.74 bits per heavy atom. The lowest BCUT2D eigenvalue weighted by atomic mass is 9.64. The fourth-order valence-corrected chi connectivity index (χ4v) is 4.31. The van der Waals surface area contributed by atoms with Crippen molar-refractivity contribution in [2.45, 2.75) is 72.1 Å². The smallest absolute Gasteiger partial charge is 0.306 e. The van der Waals surface area contributed by atoms with Gasteiger partial charge in [0.15, 0.2) is 0 Å². The molecule has 19 heavy (non-hydrogen) atoms. The minimum Gasteiger partial charge on any atom is -0.481 e. The van der Waals surface area contributed by atoms with Crippen LogP contribution in [0.15, 0.2) is 0 Å². The summed E-state index contributed by atoms with van der Waals surface area (Å²) in [6.45, 7) is 6.93. The second kappa shape index (κ2) is 5.85. The van der Waals surface area contributed by atoms with Crippen LogP contribution in [-0.4, -0.2) is 11.1 Å². The molecule has 2 nitrogen and oxygen atoms in total. The van der Waals surface area contributed by atoms with Crippen LogP contribution in [-0.2, 0) is 4.79 Å². The highest BCUT2D eigenvalue weighted by atomic mass is 16.4. The molecule has 0 heterocycles. The van der Waals surface area contributed by atoms with Crippen LogP contribution in [0.1, 0.15) is 72.1 Å². The predicted octanol–water partition coefficient (Wildman–Crippen LogP) is 4.73. The highest BCUT2D eigenvalue weighted by Gasteiger charge is 2.39. The summed E-state index contributed by atoms with van der Waals surface area (Å²) in [7, 11) is 0. The first-order valence-electron chi connectivity index (χ1n) is 8.10. The molecular formula is C17H30O2. The van der Waals surface area contributed by atoms with Gasteiger partial charge in [0.1, 0.15) is 0 Å². The van der Waals surface area contributed by atoms with Crippen LogP contribution in [0.25, 0.3) is 0 Å². The lowest BCUT2D eigenvalue weighted by Gasteiger charge is -2.41. The summed E-state index contributed by atoms with van der Waals surface area (Å²) in [6.07, 6.45) is 9.69. The third kappa shape index (κ3) is 3.73.